The third-order valence-electron chi connectivity index (χ3n) is 2.96. The molecule has 0 saturated heterocycles. The summed E-state index contributed by atoms with van der Waals surface area (Å²) in [4.78, 5) is 0. The zero-order valence-corrected chi connectivity index (χ0v) is 10.8. The minimum atomic E-state index is -3.41. The molecule has 1 aliphatic carbocycles. The topological polar surface area (TPSA) is 43.4 Å². The highest BCUT2D eigenvalue weighted by Gasteiger charge is 2.53. The third-order valence-corrected chi connectivity index (χ3v) is 3.58. The molecule has 0 bridgehead atoms. The van der Waals surface area contributed by atoms with E-state index in [1.165, 1.54) is 0 Å². The third kappa shape index (κ3) is 3.17. The normalized spacial score (nSPS) is 28.5. The van der Waals surface area contributed by atoms with E-state index in [1.54, 1.807) is 0 Å². The first-order valence-corrected chi connectivity index (χ1v) is 7.38. The zero-order chi connectivity index (χ0) is 12.5. The minimum Gasteiger partial charge on any atom is -0.259 e. The van der Waals surface area contributed by atoms with E-state index >= 15 is 0 Å². The molecule has 0 aliphatic heterocycles. The average molecular weight is 252 g/mol. The Hall–Kier alpha value is -1.13. The molecule has 17 heavy (non-hydrogen) atoms. The van der Waals surface area contributed by atoms with Gasteiger partial charge in [-0.3, -0.25) is 4.18 Å². The van der Waals surface area contributed by atoms with Gasteiger partial charge >= 0.3 is 0 Å². The molecule has 0 N–H and O–H groups in total. The molecule has 0 heterocycles. The zero-order valence-electron chi connectivity index (χ0n) is 9.96. The quantitative estimate of drug-likeness (QED) is 0.773. The fourth-order valence-corrected chi connectivity index (χ4v) is 2.73. The van der Waals surface area contributed by atoms with Crippen molar-refractivity contribution in [2.75, 3.05) is 6.26 Å². The molecule has 1 aromatic carbocycles. The van der Waals surface area contributed by atoms with Gasteiger partial charge in [-0.25, -0.2) is 0 Å². The van der Waals surface area contributed by atoms with E-state index in [1.807, 2.05) is 49.4 Å². The molecule has 0 aromatic heterocycles. The lowest BCUT2D eigenvalue weighted by molar-refractivity contribution is 0.224. The Balaban J connectivity index is 2.14. The summed E-state index contributed by atoms with van der Waals surface area (Å²) in [6.07, 6.45) is 5.61. The van der Waals surface area contributed by atoms with Gasteiger partial charge in [-0.15, -0.1) is 0 Å². The molecule has 1 aromatic rings. The number of hydrogen-bond acceptors (Lipinski definition) is 3. The lowest BCUT2D eigenvalue weighted by Crippen LogP contribution is -2.18. The van der Waals surface area contributed by atoms with Gasteiger partial charge < -0.3 is 0 Å². The first-order chi connectivity index (χ1) is 7.91. The largest absolute Gasteiger partial charge is 0.265 e. The van der Waals surface area contributed by atoms with Crippen LogP contribution in [-0.4, -0.2) is 20.3 Å². The summed E-state index contributed by atoms with van der Waals surface area (Å²) in [5.41, 5.74) is 0.423. The predicted molar refractivity (Wildman–Crippen MR) is 67.9 cm³/mol. The van der Waals surface area contributed by atoms with E-state index in [9.17, 15) is 8.42 Å². The molecule has 3 nitrogen and oxygen atoms in total. The number of hydrogen-bond donors (Lipinski definition) is 0. The van der Waals surface area contributed by atoms with E-state index in [4.69, 9.17) is 4.18 Å². The number of benzene rings is 1. The second-order valence-electron chi connectivity index (χ2n) is 4.59. The minimum absolute atomic E-state index is 0.247. The van der Waals surface area contributed by atoms with Gasteiger partial charge in [0.25, 0.3) is 10.1 Å². The van der Waals surface area contributed by atoms with Crippen molar-refractivity contribution in [3.63, 3.8) is 0 Å². The van der Waals surface area contributed by atoms with E-state index in [2.05, 4.69) is 0 Å². The Bertz CT molecular complexity index is 519. The fourth-order valence-electron chi connectivity index (χ4n) is 1.88. The predicted octanol–water partition coefficient (Wildman–Crippen LogP) is 2.45. The van der Waals surface area contributed by atoms with Crippen LogP contribution < -0.4 is 0 Å². The van der Waals surface area contributed by atoms with Crippen LogP contribution in [0.4, 0.5) is 0 Å². The first-order valence-electron chi connectivity index (χ1n) is 5.56. The van der Waals surface area contributed by atoms with Gasteiger partial charge in [0.15, 0.2) is 0 Å². The number of rotatable bonds is 4. The van der Waals surface area contributed by atoms with Gasteiger partial charge in [-0.05, 0) is 17.9 Å². The summed E-state index contributed by atoms with van der Waals surface area (Å²) in [7, 11) is -3.41. The van der Waals surface area contributed by atoms with Crippen molar-refractivity contribution in [1.29, 1.82) is 0 Å². The summed E-state index contributed by atoms with van der Waals surface area (Å²) in [5, 5.41) is 0. The van der Waals surface area contributed by atoms with E-state index in [-0.39, 0.29) is 5.92 Å². The van der Waals surface area contributed by atoms with Gasteiger partial charge in [0.1, 0.15) is 5.60 Å². The summed E-state index contributed by atoms with van der Waals surface area (Å²) < 4.78 is 27.5. The van der Waals surface area contributed by atoms with E-state index in [0.717, 1.165) is 18.2 Å². The molecule has 0 spiro atoms. The lowest BCUT2D eigenvalue weighted by atomic mass is 10.1. The van der Waals surface area contributed by atoms with Crippen LogP contribution >= 0.6 is 0 Å². The highest BCUT2D eigenvalue weighted by Crippen LogP contribution is 2.48. The molecule has 0 radical (unpaired) electrons. The van der Waals surface area contributed by atoms with Gasteiger partial charge in [-0.1, -0.05) is 49.4 Å². The first kappa shape index (κ1) is 12.3. The van der Waals surface area contributed by atoms with Crippen molar-refractivity contribution >= 4 is 16.2 Å². The molecule has 2 rings (SSSR count). The molecule has 1 aliphatic rings. The van der Waals surface area contributed by atoms with E-state index < -0.39 is 15.7 Å². The summed E-state index contributed by atoms with van der Waals surface area (Å²) in [6.45, 7) is 1.99. The Morgan fingerprint density at radius 2 is 1.94 bits per heavy atom. The Kier molecular flexibility index (Phi) is 3.10. The Labute approximate surface area is 102 Å². The van der Waals surface area contributed by atoms with Gasteiger partial charge in [0, 0.05) is 0 Å². The van der Waals surface area contributed by atoms with Crippen molar-refractivity contribution < 1.29 is 12.6 Å². The molecule has 1 fully saturated rings. The van der Waals surface area contributed by atoms with Crippen LogP contribution in [0.1, 0.15) is 18.9 Å². The smallest absolute Gasteiger partial charge is 0.259 e. The van der Waals surface area contributed by atoms with Crippen molar-refractivity contribution in [2.24, 2.45) is 5.92 Å². The van der Waals surface area contributed by atoms with Crippen LogP contribution in [0.3, 0.4) is 0 Å². The molecule has 2 atom stereocenters. The Morgan fingerprint density at radius 1 is 1.35 bits per heavy atom. The maximum absolute atomic E-state index is 11.2. The molecule has 1 saturated carbocycles. The summed E-state index contributed by atoms with van der Waals surface area (Å²) in [6, 6.07) is 9.77. The molecule has 4 heteroatoms. The molecular formula is C13H16O3S. The standard InChI is InChI=1S/C13H16O3S/c1-11-10-13(11,16-17(2,14)15)9-8-12-6-4-3-5-7-12/h3-9,11H,10H2,1-2H3/b9-8+/t11-,13+/m0/s1. The maximum Gasteiger partial charge on any atom is 0.265 e. The summed E-state index contributed by atoms with van der Waals surface area (Å²) >= 11 is 0. The van der Waals surface area contributed by atoms with Crippen LogP contribution in [0.15, 0.2) is 36.4 Å². The van der Waals surface area contributed by atoms with Gasteiger partial charge in [-0.2, -0.15) is 8.42 Å². The van der Waals surface area contributed by atoms with Crippen LogP contribution in [0.2, 0.25) is 0 Å². The SMILES string of the molecule is C[C@H]1C[C@@]1(/C=C/c1ccccc1)OS(C)(=O)=O. The van der Waals surface area contributed by atoms with Crippen LogP contribution in [0, 0.1) is 5.92 Å². The highest BCUT2D eigenvalue weighted by atomic mass is 32.2. The van der Waals surface area contributed by atoms with Gasteiger partial charge in [0.2, 0.25) is 0 Å². The lowest BCUT2D eigenvalue weighted by Gasteiger charge is -2.10. The van der Waals surface area contributed by atoms with Crippen LogP contribution in [-0.2, 0) is 14.3 Å². The highest BCUT2D eigenvalue weighted by molar-refractivity contribution is 7.86. The van der Waals surface area contributed by atoms with Crippen molar-refractivity contribution in [1.82, 2.24) is 0 Å². The van der Waals surface area contributed by atoms with Crippen LogP contribution in [0.25, 0.3) is 6.08 Å². The average Bonchev–Trinajstić information content (AvgIpc) is 2.85. The van der Waals surface area contributed by atoms with Crippen molar-refractivity contribution in [3.05, 3.63) is 42.0 Å². The maximum atomic E-state index is 11.2. The van der Waals surface area contributed by atoms with Gasteiger partial charge in [0.05, 0.1) is 6.26 Å². The Morgan fingerprint density at radius 3 is 2.41 bits per heavy atom. The fraction of sp³-hybridized carbons (Fsp3) is 0.385. The molecule has 0 amide bonds. The second-order valence-corrected chi connectivity index (χ2v) is 6.17. The summed E-state index contributed by atoms with van der Waals surface area (Å²) in [5.74, 6) is 0.247. The van der Waals surface area contributed by atoms with Crippen molar-refractivity contribution in [2.45, 2.75) is 18.9 Å². The molecular weight excluding hydrogens is 236 g/mol. The second kappa shape index (κ2) is 4.27. The van der Waals surface area contributed by atoms with Crippen LogP contribution in [0.5, 0.6) is 0 Å². The van der Waals surface area contributed by atoms with Crippen molar-refractivity contribution in [3.8, 4) is 0 Å². The molecule has 92 valence electrons. The monoisotopic (exact) mass is 252 g/mol. The van der Waals surface area contributed by atoms with E-state index in [0.29, 0.717) is 0 Å². The molecule has 0 unspecified atom stereocenters.